The highest BCUT2D eigenvalue weighted by Crippen LogP contribution is 2.21. The smallest absolute Gasteiger partial charge is 0.251 e. The van der Waals surface area contributed by atoms with Gasteiger partial charge in [0.2, 0.25) is 0 Å². The molecule has 0 saturated carbocycles. The van der Waals surface area contributed by atoms with Crippen molar-refractivity contribution in [2.45, 2.75) is 63.5 Å². The number of halogens is 2. The molecule has 1 aliphatic heterocycles. The molecule has 0 radical (unpaired) electrons. The molecule has 2 aromatic rings. The van der Waals surface area contributed by atoms with E-state index in [4.69, 9.17) is 0 Å². The lowest BCUT2D eigenvalue weighted by Crippen LogP contribution is -2.54. The van der Waals surface area contributed by atoms with Crippen molar-refractivity contribution in [3.05, 3.63) is 53.6 Å². The van der Waals surface area contributed by atoms with Gasteiger partial charge < -0.3 is 26.4 Å². The summed E-state index contributed by atoms with van der Waals surface area (Å²) >= 11 is 0. The maximum absolute atomic E-state index is 14.4. The number of hydrogen-bond donors (Lipinski definition) is 5. The van der Waals surface area contributed by atoms with Crippen LogP contribution in [0.1, 0.15) is 42.6 Å². The van der Waals surface area contributed by atoms with Gasteiger partial charge in [-0.2, -0.15) is 0 Å². The molecule has 3 unspecified atom stereocenters. The first kappa shape index (κ1) is 30.8. The number of aromatic nitrogens is 1. The molecule has 12 heteroatoms. The Morgan fingerprint density at radius 3 is 2.51 bits per heavy atom. The molecule has 37 heavy (non-hydrogen) atoms. The zero-order chi connectivity index (χ0) is 26.3. The third-order valence-electron chi connectivity index (χ3n) is 6.19. The highest BCUT2D eigenvalue weighted by atomic mass is 35.5. The van der Waals surface area contributed by atoms with Gasteiger partial charge in [-0.1, -0.05) is 37.3 Å². The normalized spacial score (nSPS) is 19.8. The van der Waals surface area contributed by atoms with E-state index in [1.54, 1.807) is 6.07 Å². The van der Waals surface area contributed by atoms with E-state index in [9.17, 15) is 22.7 Å². The standard InChI is InChI=1S/C25H36FN5O4S.ClH/c1-4-16(2)29-22-14-18(13-21(31-22)28-15-36(3,34)35)25(33)30-20(12-17-8-6-5-7-9-17)24(32)23-19(26)10-11-27-23;/h5-9,13-14,16,19-20,23-24,27,32H,4,10-12,15H2,1-3H3,(H,30,33)(H2,28,29,31);1H/t16?,19-,20?,23?,24-;/m0./s1. The number of rotatable bonds is 12. The summed E-state index contributed by atoms with van der Waals surface area (Å²) in [6, 6.07) is 10.9. The van der Waals surface area contributed by atoms with E-state index in [0.717, 1.165) is 18.2 Å². The third-order valence-corrected chi connectivity index (χ3v) is 6.86. The molecule has 2 heterocycles. The van der Waals surface area contributed by atoms with Crippen molar-refractivity contribution in [1.29, 1.82) is 0 Å². The Bertz CT molecular complexity index is 1130. The summed E-state index contributed by atoms with van der Waals surface area (Å²) in [6.45, 7) is 4.42. The molecular weight excluding hydrogens is 521 g/mol. The van der Waals surface area contributed by atoms with E-state index < -0.39 is 40.1 Å². The van der Waals surface area contributed by atoms with Crippen molar-refractivity contribution in [2.75, 3.05) is 29.3 Å². The fraction of sp³-hybridized carbons (Fsp3) is 0.520. The monoisotopic (exact) mass is 557 g/mol. The molecule has 5 atom stereocenters. The summed E-state index contributed by atoms with van der Waals surface area (Å²) in [6.07, 6.45) is 0.149. The molecule has 206 valence electrons. The summed E-state index contributed by atoms with van der Waals surface area (Å²) in [5.41, 5.74) is 1.12. The van der Waals surface area contributed by atoms with E-state index >= 15 is 0 Å². The average molecular weight is 558 g/mol. The Hall–Kier alpha value is -2.47. The van der Waals surface area contributed by atoms with Crippen molar-refractivity contribution in [2.24, 2.45) is 0 Å². The number of nitrogens with zero attached hydrogens (tertiary/aromatic N) is 1. The minimum absolute atomic E-state index is 0. The van der Waals surface area contributed by atoms with E-state index in [2.05, 4.69) is 26.3 Å². The molecule has 3 rings (SSSR count). The van der Waals surface area contributed by atoms with Crippen LogP contribution in [-0.2, 0) is 16.3 Å². The SMILES string of the molecule is CCC(C)Nc1cc(C(=O)NC(Cc2ccccc2)[C@H](O)C2NCC[C@@H]2F)cc(NCS(C)(=O)=O)n1.Cl. The zero-order valence-corrected chi connectivity index (χ0v) is 22.9. The highest BCUT2D eigenvalue weighted by molar-refractivity contribution is 7.90. The Morgan fingerprint density at radius 1 is 1.24 bits per heavy atom. The van der Waals surface area contributed by atoms with E-state index in [1.807, 2.05) is 44.2 Å². The Labute approximate surface area is 224 Å². The van der Waals surface area contributed by atoms with Crippen LogP contribution in [0.3, 0.4) is 0 Å². The molecule has 1 fully saturated rings. The number of benzene rings is 1. The first-order valence-electron chi connectivity index (χ1n) is 12.2. The number of aliphatic hydroxyl groups is 1. The Morgan fingerprint density at radius 2 is 1.92 bits per heavy atom. The molecule has 1 aliphatic rings. The van der Waals surface area contributed by atoms with Crippen LogP contribution in [0, 0.1) is 0 Å². The van der Waals surface area contributed by atoms with E-state index in [0.29, 0.717) is 25.2 Å². The molecular formula is C25H37ClFN5O4S. The summed E-state index contributed by atoms with van der Waals surface area (Å²) < 4.78 is 37.7. The summed E-state index contributed by atoms with van der Waals surface area (Å²) in [5, 5.41) is 22.9. The van der Waals surface area contributed by atoms with Gasteiger partial charge >= 0.3 is 0 Å². The Balaban J connectivity index is 0.00000481. The predicted molar refractivity (Wildman–Crippen MR) is 147 cm³/mol. The number of aliphatic hydroxyl groups excluding tert-OH is 1. The molecule has 5 N–H and O–H groups in total. The lowest BCUT2D eigenvalue weighted by molar-refractivity contribution is 0.0593. The molecule has 0 bridgehead atoms. The van der Waals surface area contributed by atoms with E-state index in [1.165, 1.54) is 6.07 Å². The minimum atomic E-state index is -3.32. The second-order valence-electron chi connectivity index (χ2n) is 9.37. The largest absolute Gasteiger partial charge is 0.389 e. The highest BCUT2D eigenvalue weighted by Gasteiger charge is 2.37. The maximum atomic E-state index is 14.4. The van der Waals surface area contributed by atoms with Gasteiger partial charge in [0.25, 0.3) is 5.91 Å². The van der Waals surface area contributed by atoms with Gasteiger partial charge in [0.15, 0.2) is 9.84 Å². The number of hydrogen-bond acceptors (Lipinski definition) is 8. The van der Waals surface area contributed by atoms with Gasteiger partial charge in [-0.05, 0) is 50.4 Å². The van der Waals surface area contributed by atoms with Gasteiger partial charge in [0.1, 0.15) is 23.7 Å². The fourth-order valence-corrected chi connectivity index (χ4v) is 4.45. The first-order valence-corrected chi connectivity index (χ1v) is 14.2. The lowest BCUT2D eigenvalue weighted by atomic mass is 9.94. The molecule has 0 aliphatic carbocycles. The number of alkyl halides is 1. The number of anilines is 2. The fourth-order valence-electron chi connectivity index (χ4n) is 4.04. The molecule has 1 saturated heterocycles. The van der Waals surface area contributed by atoms with Crippen LogP contribution >= 0.6 is 12.4 Å². The summed E-state index contributed by atoms with van der Waals surface area (Å²) in [5.74, 6) is -0.191. The van der Waals surface area contributed by atoms with Gasteiger partial charge in [0, 0.05) is 17.9 Å². The van der Waals surface area contributed by atoms with Crippen LogP contribution in [0.15, 0.2) is 42.5 Å². The zero-order valence-electron chi connectivity index (χ0n) is 21.3. The number of nitrogens with one attached hydrogen (secondary N) is 4. The lowest BCUT2D eigenvalue weighted by Gasteiger charge is -2.30. The number of carbonyl (C=O) groups excluding carboxylic acids is 1. The molecule has 1 amide bonds. The maximum Gasteiger partial charge on any atom is 0.251 e. The minimum Gasteiger partial charge on any atom is -0.389 e. The number of sulfone groups is 1. The van der Waals surface area contributed by atoms with Gasteiger partial charge in [-0.3, -0.25) is 4.79 Å². The summed E-state index contributed by atoms with van der Waals surface area (Å²) in [4.78, 5) is 17.8. The molecule has 9 nitrogen and oxygen atoms in total. The molecule has 0 spiro atoms. The number of amides is 1. The molecule has 1 aromatic heterocycles. The van der Waals surface area contributed by atoms with Crippen LogP contribution in [0.25, 0.3) is 0 Å². The topological polar surface area (TPSA) is 132 Å². The molecule has 1 aromatic carbocycles. The average Bonchev–Trinajstić information content (AvgIpc) is 3.27. The van der Waals surface area contributed by atoms with Gasteiger partial charge in [-0.15, -0.1) is 12.4 Å². The number of carbonyl (C=O) groups is 1. The predicted octanol–water partition coefficient (Wildman–Crippen LogP) is 2.53. The van der Waals surface area contributed by atoms with Gasteiger partial charge in [0.05, 0.1) is 18.2 Å². The van der Waals surface area contributed by atoms with Crippen molar-refractivity contribution in [1.82, 2.24) is 15.6 Å². The van der Waals surface area contributed by atoms with Crippen LogP contribution in [0.5, 0.6) is 0 Å². The van der Waals surface area contributed by atoms with E-state index in [-0.39, 0.29) is 35.7 Å². The second-order valence-corrected chi connectivity index (χ2v) is 11.5. The Kier molecular flexibility index (Phi) is 11.5. The van der Waals surface area contributed by atoms with Gasteiger partial charge in [-0.25, -0.2) is 17.8 Å². The summed E-state index contributed by atoms with van der Waals surface area (Å²) in [7, 11) is -3.32. The van der Waals surface area contributed by atoms with Crippen molar-refractivity contribution < 1.29 is 22.7 Å². The van der Waals surface area contributed by atoms with Crippen LogP contribution in [0.4, 0.5) is 16.0 Å². The second kappa shape index (κ2) is 13.9. The first-order chi connectivity index (χ1) is 17.1. The van der Waals surface area contributed by atoms with Crippen molar-refractivity contribution in [3.63, 3.8) is 0 Å². The van der Waals surface area contributed by atoms with Crippen LogP contribution in [-0.4, -0.2) is 73.5 Å². The van der Waals surface area contributed by atoms with Crippen molar-refractivity contribution in [3.8, 4) is 0 Å². The number of pyridine rings is 1. The van der Waals surface area contributed by atoms with Crippen LogP contribution < -0.4 is 21.3 Å². The van der Waals surface area contributed by atoms with Crippen molar-refractivity contribution >= 4 is 39.8 Å². The van der Waals surface area contributed by atoms with Crippen LogP contribution in [0.2, 0.25) is 0 Å². The third kappa shape index (κ3) is 9.41. The quantitative estimate of drug-likeness (QED) is 0.269.